The van der Waals surface area contributed by atoms with Crippen LogP contribution in [0.1, 0.15) is 18.1 Å². The molecule has 0 aliphatic carbocycles. The molecule has 0 fully saturated rings. The Morgan fingerprint density at radius 1 is 1.19 bits per heavy atom. The van der Waals surface area contributed by atoms with Gasteiger partial charge < -0.3 is 10.6 Å². The van der Waals surface area contributed by atoms with Crippen molar-refractivity contribution in [2.24, 2.45) is 10.7 Å². The summed E-state index contributed by atoms with van der Waals surface area (Å²) in [6.45, 7) is 4.99. The normalized spacial score (nSPS) is 21.5. The predicted octanol–water partition coefficient (Wildman–Crippen LogP) is 3.81. The summed E-state index contributed by atoms with van der Waals surface area (Å²) in [6.07, 6.45) is 0. The highest BCUT2D eigenvalue weighted by Gasteiger charge is 2.41. The molecule has 1 aliphatic heterocycles. The van der Waals surface area contributed by atoms with Gasteiger partial charge in [0.1, 0.15) is 0 Å². The van der Waals surface area contributed by atoms with E-state index >= 15 is 0 Å². The van der Waals surface area contributed by atoms with E-state index in [1.165, 1.54) is 11.1 Å². The Balaban J connectivity index is 2.13. The van der Waals surface area contributed by atoms with E-state index in [-0.39, 0.29) is 5.54 Å². The summed E-state index contributed by atoms with van der Waals surface area (Å²) >= 11 is 3.53. The van der Waals surface area contributed by atoms with E-state index in [9.17, 15) is 0 Å². The highest BCUT2D eigenvalue weighted by atomic mass is 79.9. The van der Waals surface area contributed by atoms with Crippen LogP contribution in [-0.4, -0.2) is 12.5 Å². The first kappa shape index (κ1) is 14.1. The molecule has 2 N–H and O–H groups in total. The number of anilines is 1. The van der Waals surface area contributed by atoms with Crippen molar-refractivity contribution < 1.29 is 0 Å². The van der Waals surface area contributed by atoms with Gasteiger partial charge in [-0.15, -0.1) is 0 Å². The van der Waals surface area contributed by atoms with Crippen molar-refractivity contribution in [3.8, 4) is 0 Å². The molecule has 108 valence electrons. The largest absolute Gasteiger partial charge is 0.369 e. The zero-order chi connectivity index (χ0) is 15.0. The predicted molar refractivity (Wildman–Crippen MR) is 91.6 cm³/mol. The van der Waals surface area contributed by atoms with Gasteiger partial charge in [-0.1, -0.05) is 46.3 Å². The molecule has 2 aromatic rings. The van der Waals surface area contributed by atoms with Crippen molar-refractivity contribution in [1.29, 1.82) is 0 Å². The minimum atomic E-state index is -0.254. The van der Waals surface area contributed by atoms with Crippen LogP contribution in [0.3, 0.4) is 0 Å². The van der Waals surface area contributed by atoms with Crippen LogP contribution in [0.15, 0.2) is 58.0 Å². The number of aliphatic imine (C=N–C) groups is 1. The van der Waals surface area contributed by atoms with Crippen molar-refractivity contribution in [2.75, 3.05) is 11.4 Å². The van der Waals surface area contributed by atoms with E-state index in [4.69, 9.17) is 5.73 Å². The Morgan fingerprint density at radius 3 is 2.67 bits per heavy atom. The molecule has 0 amide bonds. The molecule has 3 rings (SSSR count). The van der Waals surface area contributed by atoms with Gasteiger partial charge in [0.05, 0.1) is 12.1 Å². The first-order valence-corrected chi connectivity index (χ1v) is 7.73. The van der Waals surface area contributed by atoms with Gasteiger partial charge in [-0.05, 0) is 43.2 Å². The number of hydrogen-bond donors (Lipinski definition) is 1. The molecule has 0 radical (unpaired) electrons. The highest BCUT2D eigenvalue weighted by molar-refractivity contribution is 9.10. The summed E-state index contributed by atoms with van der Waals surface area (Å²) in [6, 6.07) is 16.6. The molecular formula is C17H18BrN3. The Labute approximate surface area is 133 Å². The average Bonchev–Trinajstić information content (AvgIpc) is 2.76. The number of benzene rings is 2. The lowest BCUT2D eigenvalue weighted by molar-refractivity contribution is 0.529. The van der Waals surface area contributed by atoms with Gasteiger partial charge in [0.25, 0.3) is 0 Å². The Hall–Kier alpha value is -1.81. The highest BCUT2D eigenvalue weighted by Crippen LogP contribution is 2.38. The van der Waals surface area contributed by atoms with Crippen molar-refractivity contribution in [1.82, 2.24) is 0 Å². The van der Waals surface area contributed by atoms with Crippen LogP contribution in [0.2, 0.25) is 0 Å². The lowest BCUT2D eigenvalue weighted by atomic mass is 9.87. The summed E-state index contributed by atoms with van der Waals surface area (Å²) in [7, 11) is 0. The van der Waals surface area contributed by atoms with Gasteiger partial charge in [0.2, 0.25) is 0 Å². The number of hydrogen-bond acceptors (Lipinski definition) is 3. The molecule has 2 aromatic carbocycles. The van der Waals surface area contributed by atoms with E-state index in [1.807, 2.05) is 12.1 Å². The van der Waals surface area contributed by atoms with Gasteiger partial charge in [0.15, 0.2) is 5.96 Å². The minimum absolute atomic E-state index is 0.254. The molecule has 0 saturated carbocycles. The molecule has 1 atom stereocenters. The van der Waals surface area contributed by atoms with Crippen LogP contribution < -0.4 is 10.6 Å². The fraction of sp³-hybridized carbons (Fsp3) is 0.235. The van der Waals surface area contributed by atoms with Crippen LogP contribution in [0, 0.1) is 6.92 Å². The van der Waals surface area contributed by atoms with Gasteiger partial charge >= 0.3 is 0 Å². The number of guanidine groups is 1. The fourth-order valence-electron chi connectivity index (χ4n) is 3.04. The lowest BCUT2D eigenvalue weighted by Crippen LogP contribution is -2.48. The van der Waals surface area contributed by atoms with Gasteiger partial charge in [-0.3, -0.25) is 4.99 Å². The third-order valence-corrected chi connectivity index (χ3v) is 4.56. The van der Waals surface area contributed by atoms with Crippen LogP contribution in [0.4, 0.5) is 5.69 Å². The Kier molecular flexibility index (Phi) is 3.49. The van der Waals surface area contributed by atoms with E-state index in [1.54, 1.807) is 0 Å². The third kappa shape index (κ3) is 2.33. The van der Waals surface area contributed by atoms with Crippen LogP contribution >= 0.6 is 15.9 Å². The number of rotatable bonds is 2. The summed E-state index contributed by atoms with van der Waals surface area (Å²) in [5.41, 5.74) is 9.49. The molecule has 1 unspecified atom stereocenters. The maximum absolute atomic E-state index is 6.18. The number of nitrogens with zero attached hydrogens (tertiary/aromatic N) is 2. The van der Waals surface area contributed by atoms with Crippen molar-refractivity contribution in [3.63, 3.8) is 0 Å². The summed E-state index contributed by atoms with van der Waals surface area (Å²) < 4.78 is 1.03. The summed E-state index contributed by atoms with van der Waals surface area (Å²) in [5, 5.41) is 0. The minimum Gasteiger partial charge on any atom is -0.369 e. The van der Waals surface area contributed by atoms with Crippen LogP contribution in [0.25, 0.3) is 0 Å². The first-order valence-electron chi connectivity index (χ1n) is 6.94. The second kappa shape index (κ2) is 5.19. The zero-order valence-electron chi connectivity index (χ0n) is 12.2. The van der Waals surface area contributed by atoms with E-state index in [0.717, 1.165) is 10.2 Å². The molecule has 4 heteroatoms. The molecule has 1 aliphatic rings. The molecule has 21 heavy (non-hydrogen) atoms. The maximum Gasteiger partial charge on any atom is 0.196 e. The fourth-order valence-corrected chi connectivity index (χ4v) is 3.43. The number of aryl methyl sites for hydroxylation is 1. The van der Waals surface area contributed by atoms with E-state index < -0.39 is 0 Å². The standard InChI is InChI=1S/C17H18BrN3/c1-12-6-3-4-9-15(12)17(2)11-20-16(19)21(17)14-8-5-7-13(18)10-14/h3-10H,11H2,1-2H3,(H2,19,20). The molecule has 0 spiro atoms. The molecule has 0 aromatic heterocycles. The van der Waals surface area contributed by atoms with Crippen molar-refractivity contribution in [2.45, 2.75) is 19.4 Å². The quantitative estimate of drug-likeness (QED) is 0.900. The van der Waals surface area contributed by atoms with E-state index in [0.29, 0.717) is 12.5 Å². The lowest BCUT2D eigenvalue weighted by Gasteiger charge is -2.37. The second-order valence-corrected chi connectivity index (χ2v) is 6.49. The molecule has 3 nitrogen and oxygen atoms in total. The monoisotopic (exact) mass is 343 g/mol. The van der Waals surface area contributed by atoms with Crippen LogP contribution in [-0.2, 0) is 5.54 Å². The second-order valence-electron chi connectivity index (χ2n) is 5.58. The average molecular weight is 344 g/mol. The third-order valence-electron chi connectivity index (χ3n) is 4.06. The summed E-state index contributed by atoms with van der Waals surface area (Å²) in [4.78, 5) is 6.62. The van der Waals surface area contributed by atoms with Gasteiger partial charge in [0, 0.05) is 10.2 Å². The van der Waals surface area contributed by atoms with Gasteiger partial charge in [-0.25, -0.2) is 0 Å². The van der Waals surface area contributed by atoms with Crippen molar-refractivity contribution in [3.05, 3.63) is 64.1 Å². The maximum atomic E-state index is 6.18. The van der Waals surface area contributed by atoms with E-state index in [2.05, 4.69) is 76.1 Å². The molecule has 0 bridgehead atoms. The Morgan fingerprint density at radius 2 is 1.95 bits per heavy atom. The topological polar surface area (TPSA) is 41.6 Å². The SMILES string of the molecule is Cc1ccccc1C1(C)CN=C(N)N1c1cccc(Br)c1. The van der Waals surface area contributed by atoms with Crippen molar-refractivity contribution >= 4 is 27.6 Å². The van der Waals surface area contributed by atoms with Gasteiger partial charge in [-0.2, -0.15) is 0 Å². The first-order chi connectivity index (χ1) is 10.0. The Bertz CT molecular complexity index is 711. The molecular weight excluding hydrogens is 326 g/mol. The summed E-state index contributed by atoms with van der Waals surface area (Å²) in [5.74, 6) is 0.568. The smallest absolute Gasteiger partial charge is 0.196 e. The van der Waals surface area contributed by atoms with Crippen LogP contribution in [0.5, 0.6) is 0 Å². The number of halogens is 1. The number of nitrogens with two attached hydrogens (primary N) is 1. The molecule has 1 heterocycles. The molecule has 0 saturated heterocycles. The zero-order valence-corrected chi connectivity index (χ0v) is 13.8.